The second kappa shape index (κ2) is 6.46. The van der Waals surface area contributed by atoms with Crippen LogP contribution in [0.2, 0.25) is 0 Å². The van der Waals surface area contributed by atoms with E-state index < -0.39 is 0 Å². The van der Waals surface area contributed by atoms with Gasteiger partial charge in [-0.1, -0.05) is 6.07 Å². The minimum atomic E-state index is 0.649. The molecule has 6 rings (SSSR count). The number of rotatable bonds is 5. The first-order chi connectivity index (χ1) is 14.3. The molecule has 1 aromatic carbocycles. The lowest BCUT2D eigenvalue weighted by atomic mass is 10.2. The predicted octanol–water partition coefficient (Wildman–Crippen LogP) is 1.97. The molecule has 8 heteroatoms. The summed E-state index contributed by atoms with van der Waals surface area (Å²) in [6.07, 6.45) is 12.3. The summed E-state index contributed by atoms with van der Waals surface area (Å²) in [5.74, 6) is 3.55. The van der Waals surface area contributed by atoms with Crippen LogP contribution in [0.5, 0.6) is 0 Å². The number of aromatic amines is 1. The molecule has 1 atom stereocenters. The highest BCUT2D eigenvalue weighted by Crippen LogP contribution is 2.39. The Labute approximate surface area is 167 Å². The highest BCUT2D eigenvalue weighted by Gasteiger charge is 2.32. The Bertz CT molecular complexity index is 1130. The van der Waals surface area contributed by atoms with Crippen molar-refractivity contribution < 1.29 is 4.90 Å². The minimum Gasteiger partial charge on any atom is -0.329 e. The molecule has 1 fully saturated rings. The lowest BCUT2D eigenvalue weighted by Gasteiger charge is -2.29. The number of quaternary nitrogens is 1. The molecule has 0 saturated heterocycles. The number of H-pyrrole nitrogens is 1. The Hall–Kier alpha value is -3.65. The van der Waals surface area contributed by atoms with E-state index in [1.54, 1.807) is 6.20 Å². The molecular weight excluding hydrogens is 364 g/mol. The van der Waals surface area contributed by atoms with Gasteiger partial charge >= 0.3 is 0 Å². The van der Waals surface area contributed by atoms with Crippen LogP contribution >= 0.6 is 0 Å². The zero-order chi connectivity index (χ0) is 19.2. The molecule has 144 valence electrons. The van der Waals surface area contributed by atoms with E-state index in [2.05, 4.69) is 73.2 Å². The van der Waals surface area contributed by atoms with Gasteiger partial charge in [-0.3, -0.25) is 10.4 Å². The summed E-state index contributed by atoms with van der Waals surface area (Å²) in [5.41, 5.74) is 3.33. The number of benzene rings is 1. The number of nitrogens with zero attached hydrogens (tertiary/aromatic N) is 5. The van der Waals surface area contributed by atoms with Gasteiger partial charge in [0.2, 0.25) is 11.7 Å². The van der Waals surface area contributed by atoms with Crippen LogP contribution in [0.15, 0.2) is 78.2 Å². The summed E-state index contributed by atoms with van der Waals surface area (Å²) < 4.78 is 1.87. The minimum absolute atomic E-state index is 0.649. The van der Waals surface area contributed by atoms with Gasteiger partial charge in [-0.25, -0.2) is 14.6 Å². The number of amidine groups is 1. The zero-order valence-corrected chi connectivity index (χ0v) is 15.8. The maximum absolute atomic E-state index is 4.57. The molecule has 3 aromatic rings. The molecule has 29 heavy (non-hydrogen) atoms. The number of hydrogen-bond donors (Lipinski definition) is 3. The molecule has 0 radical (unpaired) electrons. The van der Waals surface area contributed by atoms with Gasteiger partial charge in [-0.05, 0) is 37.1 Å². The van der Waals surface area contributed by atoms with Crippen LogP contribution in [0, 0.1) is 0 Å². The SMILES string of the molecule is C1=C[NH+]2C(Nc3cc(C4CC4)[nH]n3)=CN(c3cccc(-n4cccn4)c3)CC2=N1. The zero-order valence-electron chi connectivity index (χ0n) is 15.8. The van der Waals surface area contributed by atoms with E-state index in [4.69, 9.17) is 0 Å². The first-order valence-corrected chi connectivity index (χ1v) is 9.85. The third-order valence-electron chi connectivity index (χ3n) is 5.49. The van der Waals surface area contributed by atoms with Gasteiger partial charge in [-0.15, -0.1) is 0 Å². The number of hydrogen-bond acceptors (Lipinski definition) is 5. The van der Waals surface area contributed by atoms with Gasteiger partial charge in [0.15, 0.2) is 5.82 Å². The van der Waals surface area contributed by atoms with Crippen LogP contribution in [0.3, 0.4) is 0 Å². The van der Waals surface area contributed by atoms with E-state index in [9.17, 15) is 0 Å². The van der Waals surface area contributed by atoms with Crippen molar-refractivity contribution >= 4 is 17.3 Å². The lowest BCUT2D eigenvalue weighted by Crippen LogP contribution is -3.10. The molecule has 0 spiro atoms. The average molecular weight is 385 g/mol. The topological polar surface area (TPSA) is 78.6 Å². The largest absolute Gasteiger partial charge is 0.329 e. The number of fused-ring (bicyclic) bond motifs is 1. The monoisotopic (exact) mass is 385 g/mol. The third kappa shape index (κ3) is 3.03. The predicted molar refractivity (Wildman–Crippen MR) is 111 cm³/mol. The fourth-order valence-corrected chi connectivity index (χ4v) is 3.81. The van der Waals surface area contributed by atoms with Crippen LogP contribution in [0.1, 0.15) is 24.5 Å². The summed E-state index contributed by atoms with van der Waals surface area (Å²) in [4.78, 5) is 7.90. The first-order valence-electron chi connectivity index (χ1n) is 9.85. The molecular formula is C21H21N8+. The first kappa shape index (κ1) is 16.3. The highest BCUT2D eigenvalue weighted by atomic mass is 15.4. The van der Waals surface area contributed by atoms with E-state index in [0.717, 1.165) is 40.3 Å². The van der Waals surface area contributed by atoms with Crippen LogP contribution in [0.25, 0.3) is 5.69 Å². The molecule has 0 bridgehead atoms. The average Bonchev–Trinajstić information content (AvgIpc) is 3.17. The summed E-state index contributed by atoms with van der Waals surface area (Å²) in [6.45, 7) is 0.726. The van der Waals surface area contributed by atoms with Gasteiger partial charge in [0, 0.05) is 35.8 Å². The summed E-state index contributed by atoms with van der Waals surface area (Å²) in [5, 5.41) is 15.4. The number of nitrogens with one attached hydrogen (secondary N) is 3. The van der Waals surface area contributed by atoms with Gasteiger partial charge < -0.3 is 4.90 Å². The van der Waals surface area contributed by atoms with Crippen molar-refractivity contribution in [3.8, 4) is 5.69 Å². The molecule has 2 aromatic heterocycles. The Morgan fingerprint density at radius 1 is 1.14 bits per heavy atom. The fraction of sp³-hybridized carbons (Fsp3) is 0.190. The number of aliphatic imine (C=N–C) groups is 1. The van der Waals surface area contributed by atoms with Gasteiger partial charge in [-0.2, -0.15) is 10.2 Å². The third-order valence-corrected chi connectivity index (χ3v) is 5.49. The molecule has 3 aliphatic rings. The van der Waals surface area contributed by atoms with Crippen molar-refractivity contribution in [2.24, 2.45) is 4.99 Å². The summed E-state index contributed by atoms with van der Waals surface area (Å²) in [7, 11) is 0. The Morgan fingerprint density at radius 3 is 2.93 bits per heavy atom. The quantitative estimate of drug-likeness (QED) is 0.628. The van der Waals surface area contributed by atoms with Crippen molar-refractivity contribution in [2.45, 2.75) is 18.8 Å². The molecule has 8 nitrogen and oxygen atoms in total. The van der Waals surface area contributed by atoms with E-state index in [1.807, 2.05) is 23.1 Å². The van der Waals surface area contributed by atoms with Gasteiger partial charge in [0.25, 0.3) is 0 Å². The maximum atomic E-state index is 4.57. The lowest BCUT2D eigenvalue weighted by molar-refractivity contribution is -0.698. The van der Waals surface area contributed by atoms with Crippen molar-refractivity contribution in [1.82, 2.24) is 20.0 Å². The molecule has 4 heterocycles. The second-order valence-corrected chi connectivity index (χ2v) is 7.55. The van der Waals surface area contributed by atoms with Crippen LogP contribution in [-0.2, 0) is 0 Å². The highest BCUT2D eigenvalue weighted by molar-refractivity contribution is 5.84. The van der Waals surface area contributed by atoms with Crippen molar-refractivity contribution in [3.63, 3.8) is 0 Å². The molecule has 2 aliphatic heterocycles. The normalized spacial score (nSPS) is 20.4. The Morgan fingerprint density at radius 2 is 2.07 bits per heavy atom. The summed E-state index contributed by atoms with van der Waals surface area (Å²) >= 11 is 0. The van der Waals surface area contributed by atoms with Crippen LogP contribution in [-0.4, -0.2) is 32.4 Å². The smallest absolute Gasteiger partial charge is 0.232 e. The fourth-order valence-electron chi connectivity index (χ4n) is 3.81. The second-order valence-electron chi connectivity index (χ2n) is 7.55. The molecule has 1 unspecified atom stereocenters. The Kier molecular flexibility index (Phi) is 3.63. The van der Waals surface area contributed by atoms with Crippen LogP contribution in [0.4, 0.5) is 11.5 Å². The molecule has 1 aliphatic carbocycles. The van der Waals surface area contributed by atoms with E-state index in [-0.39, 0.29) is 0 Å². The number of anilines is 2. The van der Waals surface area contributed by atoms with E-state index in [0.29, 0.717) is 5.92 Å². The van der Waals surface area contributed by atoms with Gasteiger partial charge in [0.05, 0.1) is 18.1 Å². The standard InChI is InChI=1S/C21H20N8/c1-3-16(11-17(4-1)29-9-2-7-23-29)27-13-20-22-8-10-28(20)21(14-27)24-19-12-18(25-26-19)15-5-6-15/h1-4,7-12,14-15H,5-6,13H2,(H2,24,25,26)/p+1. The molecule has 1 saturated carbocycles. The number of aromatic nitrogens is 4. The van der Waals surface area contributed by atoms with Crippen molar-refractivity contribution in [1.29, 1.82) is 0 Å². The van der Waals surface area contributed by atoms with Crippen molar-refractivity contribution in [2.75, 3.05) is 16.8 Å². The molecule has 3 N–H and O–H groups in total. The van der Waals surface area contributed by atoms with Crippen LogP contribution < -0.4 is 15.1 Å². The van der Waals surface area contributed by atoms with Gasteiger partial charge in [0.1, 0.15) is 12.7 Å². The Balaban J connectivity index is 1.32. The van der Waals surface area contributed by atoms with E-state index in [1.165, 1.54) is 18.5 Å². The van der Waals surface area contributed by atoms with Crippen molar-refractivity contribution in [3.05, 3.63) is 78.9 Å². The maximum Gasteiger partial charge on any atom is 0.232 e. The van der Waals surface area contributed by atoms with E-state index >= 15 is 0 Å². The molecule has 0 amide bonds. The summed E-state index contributed by atoms with van der Waals surface area (Å²) in [6, 6.07) is 12.4.